The van der Waals surface area contributed by atoms with E-state index in [0.717, 1.165) is 16.9 Å². The topological polar surface area (TPSA) is 56.7 Å². The third-order valence-electron chi connectivity index (χ3n) is 1.98. The molecule has 1 aromatic heterocycles. The molecule has 66 valence electrons. The molecule has 0 aliphatic rings. The minimum Gasteiger partial charge on any atom is -0.398 e. The van der Waals surface area contributed by atoms with Gasteiger partial charge < -0.3 is 5.73 Å². The normalized spacial score (nSPS) is 10.2. The van der Waals surface area contributed by atoms with Gasteiger partial charge in [0.25, 0.3) is 0 Å². The van der Waals surface area contributed by atoms with Crippen LogP contribution in [0.5, 0.6) is 0 Å². The molecule has 0 saturated carbocycles. The van der Waals surface area contributed by atoms with Crippen LogP contribution >= 0.6 is 0 Å². The maximum atomic E-state index is 5.77. The molecule has 4 heteroatoms. The zero-order chi connectivity index (χ0) is 9.26. The minimum absolute atomic E-state index is 0.784. The highest BCUT2D eigenvalue weighted by Crippen LogP contribution is 2.15. The van der Waals surface area contributed by atoms with Gasteiger partial charge in [0, 0.05) is 5.69 Å². The number of aromatic nitrogens is 3. The summed E-state index contributed by atoms with van der Waals surface area (Å²) < 4.78 is 1.82. The van der Waals surface area contributed by atoms with Crippen molar-refractivity contribution in [1.82, 2.24) is 14.8 Å². The quantitative estimate of drug-likeness (QED) is 0.660. The Bertz CT molecular complexity index is 406. The Morgan fingerprint density at radius 2 is 1.92 bits per heavy atom. The van der Waals surface area contributed by atoms with Crippen molar-refractivity contribution < 1.29 is 0 Å². The molecular formula is C9H10N4. The van der Waals surface area contributed by atoms with Crippen molar-refractivity contribution in [2.75, 3.05) is 5.73 Å². The number of anilines is 1. The van der Waals surface area contributed by atoms with Gasteiger partial charge >= 0.3 is 0 Å². The first-order valence-electron chi connectivity index (χ1n) is 3.98. The van der Waals surface area contributed by atoms with E-state index in [1.165, 1.54) is 0 Å². The summed E-state index contributed by atoms with van der Waals surface area (Å²) in [6, 6.07) is 5.86. The van der Waals surface area contributed by atoms with Crippen LogP contribution in [0.3, 0.4) is 0 Å². The molecule has 0 fully saturated rings. The number of hydrogen-bond acceptors (Lipinski definition) is 3. The summed E-state index contributed by atoms with van der Waals surface area (Å²) in [4.78, 5) is 0. The lowest BCUT2D eigenvalue weighted by Crippen LogP contribution is -1.94. The molecule has 0 unspecified atom stereocenters. The predicted octanol–water partition coefficient (Wildman–Crippen LogP) is 1.16. The summed E-state index contributed by atoms with van der Waals surface area (Å²) in [5.74, 6) is 0. The lowest BCUT2D eigenvalue weighted by molar-refractivity contribution is 1.05. The van der Waals surface area contributed by atoms with E-state index in [1.807, 2.05) is 29.7 Å². The molecule has 0 atom stereocenters. The Morgan fingerprint density at radius 3 is 2.54 bits per heavy atom. The van der Waals surface area contributed by atoms with Crippen molar-refractivity contribution in [1.29, 1.82) is 0 Å². The van der Waals surface area contributed by atoms with Crippen molar-refractivity contribution in [2.24, 2.45) is 0 Å². The van der Waals surface area contributed by atoms with Crippen LogP contribution in [0, 0.1) is 6.92 Å². The Labute approximate surface area is 76.0 Å². The standard InChI is InChI=1S/C9H10N4/c1-7-2-3-8(4-9(7)10)13-5-11-12-6-13/h2-6H,10H2,1H3. The smallest absolute Gasteiger partial charge is 0.123 e. The van der Waals surface area contributed by atoms with Gasteiger partial charge in [-0.1, -0.05) is 6.07 Å². The van der Waals surface area contributed by atoms with Gasteiger partial charge in [-0.2, -0.15) is 0 Å². The summed E-state index contributed by atoms with van der Waals surface area (Å²) in [5.41, 5.74) is 8.62. The molecule has 0 bridgehead atoms. The second-order valence-corrected chi connectivity index (χ2v) is 2.91. The van der Waals surface area contributed by atoms with E-state index >= 15 is 0 Å². The van der Waals surface area contributed by atoms with Crippen molar-refractivity contribution in [3.63, 3.8) is 0 Å². The van der Waals surface area contributed by atoms with Gasteiger partial charge in [0.15, 0.2) is 0 Å². The molecule has 1 aromatic carbocycles. The van der Waals surface area contributed by atoms with Crippen LogP contribution in [0.1, 0.15) is 5.56 Å². The van der Waals surface area contributed by atoms with E-state index in [0.29, 0.717) is 0 Å². The van der Waals surface area contributed by atoms with Crippen LogP contribution in [0.15, 0.2) is 30.9 Å². The van der Waals surface area contributed by atoms with E-state index < -0.39 is 0 Å². The Morgan fingerprint density at radius 1 is 1.23 bits per heavy atom. The molecule has 1 heterocycles. The average molecular weight is 174 g/mol. The van der Waals surface area contributed by atoms with Gasteiger partial charge in [-0.3, -0.25) is 4.57 Å². The lowest BCUT2D eigenvalue weighted by Gasteiger charge is -2.04. The van der Waals surface area contributed by atoms with Gasteiger partial charge in [-0.15, -0.1) is 10.2 Å². The molecule has 2 aromatic rings. The number of benzene rings is 1. The molecule has 2 rings (SSSR count). The summed E-state index contributed by atoms with van der Waals surface area (Å²) in [6.07, 6.45) is 3.29. The highest BCUT2D eigenvalue weighted by Gasteiger charge is 1.98. The van der Waals surface area contributed by atoms with Crippen molar-refractivity contribution in [2.45, 2.75) is 6.92 Å². The number of rotatable bonds is 1. The maximum Gasteiger partial charge on any atom is 0.123 e. The number of nitrogen functional groups attached to an aromatic ring is 1. The van der Waals surface area contributed by atoms with Gasteiger partial charge in [-0.05, 0) is 24.6 Å². The Kier molecular flexibility index (Phi) is 1.73. The van der Waals surface area contributed by atoms with Crippen LogP contribution in [-0.2, 0) is 0 Å². The first-order valence-corrected chi connectivity index (χ1v) is 3.98. The number of aryl methyl sites for hydroxylation is 1. The van der Waals surface area contributed by atoms with Crippen LogP contribution in [0.25, 0.3) is 5.69 Å². The molecule has 0 saturated heterocycles. The van der Waals surface area contributed by atoms with E-state index in [9.17, 15) is 0 Å². The van der Waals surface area contributed by atoms with Crippen LogP contribution in [-0.4, -0.2) is 14.8 Å². The molecule has 0 amide bonds. The summed E-state index contributed by atoms with van der Waals surface area (Å²) in [7, 11) is 0. The van der Waals surface area contributed by atoms with Gasteiger partial charge in [-0.25, -0.2) is 0 Å². The first kappa shape index (κ1) is 7.79. The largest absolute Gasteiger partial charge is 0.398 e. The predicted molar refractivity (Wildman–Crippen MR) is 50.5 cm³/mol. The fourth-order valence-corrected chi connectivity index (χ4v) is 1.12. The van der Waals surface area contributed by atoms with Crippen LogP contribution in [0.4, 0.5) is 5.69 Å². The van der Waals surface area contributed by atoms with Crippen molar-refractivity contribution in [3.8, 4) is 5.69 Å². The van der Waals surface area contributed by atoms with E-state index in [1.54, 1.807) is 12.7 Å². The lowest BCUT2D eigenvalue weighted by atomic mass is 10.2. The van der Waals surface area contributed by atoms with E-state index in [4.69, 9.17) is 5.73 Å². The molecule has 0 aliphatic heterocycles. The average Bonchev–Trinajstić information content (AvgIpc) is 2.62. The first-order chi connectivity index (χ1) is 6.27. The third-order valence-corrected chi connectivity index (χ3v) is 1.98. The fourth-order valence-electron chi connectivity index (χ4n) is 1.12. The molecule has 2 N–H and O–H groups in total. The van der Waals surface area contributed by atoms with Crippen LogP contribution in [0.2, 0.25) is 0 Å². The summed E-state index contributed by atoms with van der Waals surface area (Å²) in [5, 5.41) is 7.45. The summed E-state index contributed by atoms with van der Waals surface area (Å²) >= 11 is 0. The van der Waals surface area contributed by atoms with E-state index in [2.05, 4.69) is 10.2 Å². The summed E-state index contributed by atoms with van der Waals surface area (Å²) in [6.45, 7) is 1.98. The fraction of sp³-hybridized carbons (Fsp3) is 0.111. The molecular weight excluding hydrogens is 164 g/mol. The number of nitrogens with zero attached hydrogens (tertiary/aromatic N) is 3. The molecule has 0 aliphatic carbocycles. The van der Waals surface area contributed by atoms with Gasteiger partial charge in [0.1, 0.15) is 12.7 Å². The highest BCUT2D eigenvalue weighted by molar-refractivity contribution is 5.53. The van der Waals surface area contributed by atoms with Gasteiger partial charge in [0.05, 0.1) is 5.69 Å². The monoisotopic (exact) mass is 174 g/mol. The van der Waals surface area contributed by atoms with Crippen molar-refractivity contribution in [3.05, 3.63) is 36.4 Å². The molecule has 0 spiro atoms. The zero-order valence-corrected chi connectivity index (χ0v) is 7.31. The Hall–Kier alpha value is -1.84. The highest BCUT2D eigenvalue weighted by atomic mass is 15.2. The molecule has 13 heavy (non-hydrogen) atoms. The third kappa shape index (κ3) is 1.38. The van der Waals surface area contributed by atoms with E-state index in [-0.39, 0.29) is 0 Å². The minimum atomic E-state index is 0.784. The molecule has 4 nitrogen and oxygen atoms in total. The maximum absolute atomic E-state index is 5.77. The molecule has 0 radical (unpaired) electrons. The number of hydrogen-bond donors (Lipinski definition) is 1. The SMILES string of the molecule is Cc1ccc(-n2cnnc2)cc1N. The second-order valence-electron chi connectivity index (χ2n) is 2.91. The van der Waals surface area contributed by atoms with Gasteiger partial charge in [0.2, 0.25) is 0 Å². The zero-order valence-electron chi connectivity index (χ0n) is 7.31. The Balaban J connectivity index is 2.49. The number of nitrogens with two attached hydrogens (primary N) is 1. The second kappa shape index (κ2) is 2.90. The van der Waals surface area contributed by atoms with Crippen molar-refractivity contribution >= 4 is 5.69 Å². The van der Waals surface area contributed by atoms with Crippen LogP contribution < -0.4 is 5.73 Å².